The lowest BCUT2D eigenvalue weighted by Crippen LogP contribution is -2.57. The maximum absolute atomic E-state index is 9.55. The molecule has 0 saturated carbocycles. The zero-order chi connectivity index (χ0) is 16.3. The Bertz CT molecular complexity index is 308. The molecule has 1 heterocycles. The van der Waals surface area contributed by atoms with Gasteiger partial charge in [0.15, 0.2) is 0 Å². The highest BCUT2D eigenvalue weighted by molar-refractivity contribution is 4.92. The Balaban J connectivity index is 2.52. The van der Waals surface area contributed by atoms with Crippen molar-refractivity contribution >= 4 is 0 Å². The summed E-state index contributed by atoms with van der Waals surface area (Å²) in [6, 6.07) is 0.545. The van der Waals surface area contributed by atoms with E-state index >= 15 is 0 Å². The molecule has 2 N–H and O–H groups in total. The Kier molecular flexibility index (Phi) is 6.28. The predicted molar refractivity (Wildman–Crippen MR) is 91.7 cm³/mol. The van der Waals surface area contributed by atoms with E-state index in [-0.39, 0.29) is 17.7 Å². The van der Waals surface area contributed by atoms with Gasteiger partial charge in [0.2, 0.25) is 0 Å². The molecular formula is C18H38N2O. The molecule has 0 spiro atoms. The fraction of sp³-hybridized carbons (Fsp3) is 1.00. The second-order valence-corrected chi connectivity index (χ2v) is 9.03. The molecule has 0 amide bonds. The molecule has 0 aliphatic carbocycles. The van der Waals surface area contributed by atoms with Crippen LogP contribution in [0, 0.1) is 5.41 Å². The van der Waals surface area contributed by atoms with E-state index < -0.39 is 0 Å². The summed E-state index contributed by atoms with van der Waals surface area (Å²) in [5.74, 6) is 0. The molecule has 0 aromatic heterocycles. The molecule has 1 saturated heterocycles. The Morgan fingerprint density at radius 1 is 1.05 bits per heavy atom. The predicted octanol–water partition coefficient (Wildman–Crippen LogP) is 3.42. The molecule has 1 unspecified atom stereocenters. The van der Waals surface area contributed by atoms with Crippen molar-refractivity contribution < 1.29 is 5.11 Å². The van der Waals surface area contributed by atoms with Crippen molar-refractivity contribution in [3.63, 3.8) is 0 Å². The number of hydrogen-bond acceptors (Lipinski definition) is 3. The summed E-state index contributed by atoms with van der Waals surface area (Å²) >= 11 is 0. The van der Waals surface area contributed by atoms with Gasteiger partial charge in [-0.25, -0.2) is 0 Å². The maximum Gasteiger partial charge on any atom is 0.0610 e. The van der Waals surface area contributed by atoms with Gasteiger partial charge in [-0.05, 0) is 51.9 Å². The number of nitrogens with one attached hydrogen (secondary N) is 1. The second-order valence-electron chi connectivity index (χ2n) is 9.03. The molecule has 3 nitrogen and oxygen atoms in total. The molecule has 1 aliphatic rings. The summed E-state index contributed by atoms with van der Waals surface area (Å²) in [5.41, 5.74) is 0.526. The third kappa shape index (κ3) is 5.88. The van der Waals surface area contributed by atoms with Crippen molar-refractivity contribution in [3.8, 4) is 0 Å². The average molecular weight is 299 g/mol. The van der Waals surface area contributed by atoms with E-state index in [4.69, 9.17) is 0 Å². The standard InChI is InChI=1S/C18H38N2O/c1-8-18(7,14-21)19-15-9-11-20(12-10-15)17(5,6)13-16(2,3)4/h15,19,21H,8-14H2,1-7H3. The van der Waals surface area contributed by atoms with Gasteiger partial charge in [0.1, 0.15) is 0 Å². The third-order valence-corrected chi connectivity index (χ3v) is 5.00. The van der Waals surface area contributed by atoms with Gasteiger partial charge in [0.25, 0.3) is 0 Å². The van der Waals surface area contributed by atoms with Crippen molar-refractivity contribution in [3.05, 3.63) is 0 Å². The van der Waals surface area contributed by atoms with Gasteiger partial charge in [0, 0.05) is 30.2 Å². The summed E-state index contributed by atoms with van der Waals surface area (Å²) in [5, 5.41) is 13.2. The highest BCUT2D eigenvalue weighted by Crippen LogP contribution is 2.33. The van der Waals surface area contributed by atoms with Crippen molar-refractivity contribution in [2.45, 2.75) is 91.3 Å². The van der Waals surface area contributed by atoms with Crippen LogP contribution in [0.25, 0.3) is 0 Å². The first kappa shape index (κ1) is 18.9. The number of aliphatic hydroxyl groups excluding tert-OH is 1. The Labute approximate surface area is 132 Å². The van der Waals surface area contributed by atoms with Crippen molar-refractivity contribution in [1.29, 1.82) is 0 Å². The van der Waals surface area contributed by atoms with Gasteiger partial charge in [-0.2, -0.15) is 0 Å². The first-order chi connectivity index (χ1) is 9.51. The monoisotopic (exact) mass is 298 g/mol. The number of likely N-dealkylation sites (tertiary alicyclic amines) is 1. The summed E-state index contributed by atoms with van der Waals surface area (Å²) in [7, 11) is 0. The highest BCUT2D eigenvalue weighted by Gasteiger charge is 2.35. The molecule has 1 rings (SSSR count). The molecule has 1 fully saturated rings. The summed E-state index contributed by atoms with van der Waals surface area (Å²) in [6.45, 7) is 18.6. The molecule has 0 bridgehead atoms. The minimum atomic E-state index is -0.117. The lowest BCUT2D eigenvalue weighted by Gasteiger charge is -2.47. The smallest absolute Gasteiger partial charge is 0.0610 e. The molecule has 3 heteroatoms. The molecule has 0 aromatic rings. The number of aliphatic hydroxyl groups is 1. The number of piperidine rings is 1. The Morgan fingerprint density at radius 2 is 1.57 bits per heavy atom. The van der Waals surface area contributed by atoms with E-state index in [0.717, 1.165) is 19.5 Å². The first-order valence-electron chi connectivity index (χ1n) is 8.65. The summed E-state index contributed by atoms with van der Waals surface area (Å²) < 4.78 is 0. The largest absolute Gasteiger partial charge is 0.394 e. The van der Waals surface area contributed by atoms with E-state index in [0.29, 0.717) is 11.5 Å². The minimum Gasteiger partial charge on any atom is -0.394 e. The molecule has 1 atom stereocenters. The molecule has 1 aliphatic heterocycles. The molecule has 0 radical (unpaired) electrons. The van der Waals surface area contributed by atoms with Crippen LogP contribution in [0.3, 0.4) is 0 Å². The third-order valence-electron chi connectivity index (χ3n) is 5.00. The number of nitrogens with zero attached hydrogens (tertiary/aromatic N) is 1. The zero-order valence-electron chi connectivity index (χ0n) is 15.4. The van der Waals surface area contributed by atoms with Crippen molar-refractivity contribution in [2.24, 2.45) is 5.41 Å². The van der Waals surface area contributed by atoms with Crippen LogP contribution in [-0.2, 0) is 0 Å². The maximum atomic E-state index is 9.55. The summed E-state index contributed by atoms with van der Waals surface area (Å²) in [6.07, 6.45) is 4.56. The van der Waals surface area contributed by atoms with Crippen LogP contribution >= 0.6 is 0 Å². The second kappa shape index (κ2) is 6.97. The average Bonchev–Trinajstić information content (AvgIpc) is 2.36. The van der Waals surface area contributed by atoms with Crippen molar-refractivity contribution in [1.82, 2.24) is 10.2 Å². The van der Waals surface area contributed by atoms with Crippen LogP contribution in [0.5, 0.6) is 0 Å². The number of rotatable bonds is 6. The van der Waals surface area contributed by atoms with Gasteiger partial charge in [0.05, 0.1) is 6.61 Å². The zero-order valence-corrected chi connectivity index (χ0v) is 15.4. The van der Waals surface area contributed by atoms with E-state index in [1.807, 2.05) is 0 Å². The Hall–Kier alpha value is -0.120. The van der Waals surface area contributed by atoms with Crippen molar-refractivity contribution in [2.75, 3.05) is 19.7 Å². The first-order valence-corrected chi connectivity index (χ1v) is 8.65. The van der Waals surface area contributed by atoms with Crippen LogP contribution in [0.2, 0.25) is 0 Å². The lowest BCUT2D eigenvalue weighted by molar-refractivity contribution is 0.0424. The fourth-order valence-corrected chi connectivity index (χ4v) is 3.79. The normalized spacial score (nSPS) is 22.3. The van der Waals surface area contributed by atoms with Gasteiger partial charge < -0.3 is 10.4 Å². The van der Waals surface area contributed by atoms with Gasteiger partial charge in [-0.15, -0.1) is 0 Å². The highest BCUT2D eigenvalue weighted by atomic mass is 16.3. The topological polar surface area (TPSA) is 35.5 Å². The van der Waals surface area contributed by atoms with E-state index in [2.05, 4.69) is 58.7 Å². The molecule has 126 valence electrons. The van der Waals surface area contributed by atoms with Crippen LogP contribution in [0.4, 0.5) is 0 Å². The van der Waals surface area contributed by atoms with Crippen LogP contribution in [0.15, 0.2) is 0 Å². The molecule has 0 aromatic carbocycles. The SMILES string of the molecule is CCC(C)(CO)NC1CCN(C(C)(C)CC(C)(C)C)CC1. The van der Waals surface area contributed by atoms with E-state index in [9.17, 15) is 5.11 Å². The Morgan fingerprint density at radius 3 is 1.95 bits per heavy atom. The summed E-state index contributed by atoms with van der Waals surface area (Å²) in [4.78, 5) is 2.65. The minimum absolute atomic E-state index is 0.117. The van der Waals surface area contributed by atoms with Gasteiger partial charge in [-0.1, -0.05) is 27.7 Å². The van der Waals surface area contributed by atoms with Crippen LogP contribution in [0.1, 0.15) is 74.1 Å². The van der Waals surface area contributed by atoms with E-state index in [1.54, 1.807) is 0 Å². The van der Waals surface area contributed by atoms with Crippen LogP contribution in [-0.4, -0.2) is 46.8 Å². The van der Waals surface area contributed by atoms with E-state index in [1.165, 1.54) is 19.3 Å². The van der Waals surface area contributed by atoms with Gasteiger partial charge in [-0.3, -0.25) is 4.90 Å². The van der Waals surface area contributed by atoms with Gasteiger partial charge >= 0.3 is 0 Å². The molecular weight excluding hydrogens is 260 g/mol. The molecule has 21 heavy (non-hydrogen) atoms. The number of hydrogen-bond donors (Lipinski definition) is 2. The fourth-order valence-electron chi connectivity index (χ4n) is 3.79. The van der Waals surface area contributed by atoms with Crippen LogP contribution < -0.4 is 5.32 Å². The lowest BCUT2D eigenvalue weighted by atomic mass is 9.80. The quantitative estimate of drug-likeness (QED) is 0.789.